The molecule has 4 N–H and O–H groups in total. The van der Waals surface area contributed by atoms with Crippen molar-refractivity contribution < 1.29 is 14.7 Å². The first-order chi connectivity index (χ1) is 12.0. The quantitative estimate of drug-likeness (QED) is 0.573. The number of H-pyrrole nitrogens is 1. The van der Waals surface area contributed by atoms with Crippen LogP contribution in [0.15, 0.2) is 48.5 Å². The minimum absolute atomic E-state index is 0.0747. The first-order valence-corrected chi connectivity index (χ1v) is 7.99. The third-order valence-electron chi connectivity index (χ3n) is 3.97. The van der Waals surface area contributed by atoms with Gasteiger partial charge in [0.1, 0.15) is 0 Å². The van der Waals surface area contributed by atoms with Gasteiger partial charge in [-0.25, -0.2) is 4.79 Å². The van der Waals surface area contributed by atoms with Gasteiger partial charge in [0.2, 0.25) is 5.91 Å². The summed E-state index contributed by atoms with van der Waals surface area (Å²) in [4.78, 5) is 25.5. The van der Waals surface area contributed by atoms with E-state index in [1.165, 1.54) is 6.92 Å². The summed E-state index contributed by atoms with van der Waals surface area (Å²) in [5, 5.41) is 15.1. The average Bonchev–Trinajstić information content (AvgIpc) is 2.93. The summed E-state index contributed by atoms with van der Waals surface area (Å²) in [5.74, 6) is -0.0747. The molecule has 0 aliphatic carbocycles. The molecule has 3 aromatic rings. The van der Waals surface area contributed by atoms with Gasteiger partial charge >= 0.3 is 6.09 Å². The molecule has 1 heterocycles. The van der Waals surface area contributed by atoms with Crippen molar-refractivity contribution in [2.75, 3.05) is 11.9 Å². The fourth-order valence-corrected chi connectivity index (χ4v) is 2.92. The SMILES string of the molecule is CC(=O)NCCc1c(-c2ccccc2)[nH]c2ccc(NC(=O)O)cc12. The Morgan fingerprint density at radius 1 is 1.12 bits per heavy atom. The minimum Gasteiger partial charge on any atom is -0.465 e. The molecule has 0 saturated carbocycles. The Balaban J connectivity index is 2.07. The molecule has 1 aromatic heterocycles. The summed E-state index contributed by atoms with van der Waals surface area (Å²) in [6, 6.07) is 15.3. The second kappa shape index (κ2) is 7.09. The van der Waals surface area contributed by atoms with E-state index in [0.717, 1.165) is 27.7 Å². The molecule has 128 valence electrons. The molecule has 0 aliphatic heterocycles. The maximum atomic E-state index is 11.2. The maximum Gasteiger partial charge on any atom is 0.409 e. The predicted octanol–water partition coefficient (Wildman–Crippen LogP) is 3.60. The van der Waals surface area contributed by atoms with E-state index >= 15 is 0 Å². The molecule has 2 aromatic carbocycles. The van der Waals surface area contributed by atoms with Crippen LogP contribution in [0.4, 0.5) is 10.5 Å². The first kappa shape index (κ1) is 16.6. The highest BCUT2D eigenvalue weighted by Gasteiger charge is 2.14. The zero-order valence-electron chi connectivity index (χ0n) is 13.8. The fourth-order valence-electron chi connectivity index (χ4n) is 2.92. The van der Waals surface area contributed by atoms with E-state index in [2.05, 4.69) is 15.6 Å². The zero-order chi connectivity index (χ0) is 17.8. The monoisotopic (exact) mass is 337 g/mol. The highest BCUT2D eigenvalue weighted by Crippen LogP contribution is 2.32. The van der Waals surface area contributed by atoms with Crippen LogP contribution in [0.25, 0.3) is 22.2 Å². The van der Waals surface area contributed by atoms with Gasteiger partial charge in [-0.3, -0.25) is 10.1 Å². The highest BCUT2D eigenvalue weighted by molar-refractivity contribution is 5.95. The molecule has 0 saturated heterocycles. The van der Waals surface area contributed by atoms with Gasteiger partial charge in [-0.2, -0.15) is 0 Å². The maximum absolute atomic E-state index is 11.2. The Hall–Kier alpha value is -3.28. The zero-order valence-corrected chi connectivity index (χ0v) is 13.8. The molecule has 0 aliphatic rings. The number of hydrogen-bond acceptors (Lipinski definition) is 2. The summed E-state index contributed by atoms with van der Waals surface area (Å²) in [6.07, 6.45) is -0.460. The van der Waals surface area contributed by atoms with Crippen LogP contribution in [0.2, 0.25) is 0 Å². The lowest BCUT2D eigenvalue weighted by atomic mass is 10.0. The van der Waals surface area contributed by atoms with Gasteiger partial charge in [-0.15, -0.1) is 0 Å². The summed E-state index contributed by atoms with van der Waals surface area (Å²) >= 11 is 0. The lowest BCUT2D eigenvalue weighted by Gasteiger charge is -2.07. The molecule has 6 heteroatoms. The van der Waals surface area contributed by atoms with E-state index in [-0.39, 0.29) is 5.91 Å². The van der Waals surface area contributed by atoms with Crippen LogP contribution in [0.5, 0.6) is 0 Å². The minimum atomic E-state index is -1.10. The number of aromatic nitrogens is 1. The third kappa shape index (κ3) is 3.80. The van der Waals surface area contributed by atoms with E-state index in [0.29, 0.717) is 18.7 Å². The number of rotatable bonds is 5. The number of anilines is 1. The molecule has 25 heavy (non-hydrogen) atoms. The van der Waals surface area contributed by atoms with Crippen molar-refractivity contribution in [1.29, 1.82) is 0 Å². The van der Waals surface area contributed by atoms with Crippen LogP contribution in [-0.4, -0.2) is 28.6 Å². The van der Waals surface area contributed by atoms with Gasteiger partial charge in [0.25, 0.3) is 0 Å². The van der Waals surface area contributed by atoms with Crippen LogP contribution < -0.4 is 10.6 Å². The van der Waals surface area contributed by atoms with Crippen molar-refractivity contribution in [1.82, 2.24) is 10.3 Å². The standard InChI is InChI=1S/C19H19N3O3/c1-12(23)20-10-9-15-16-11-14(21-19(24)25)7-8-17(16)22-18(15)13-5-3-2-4-6-13/h2-8,11,21-22H,9-10H2,1H3,(H,20,23)(H,24,25). The van der Waals surface area contributed by atoms with E-state index < -0.39 is 6.09 Å². The molecule has 0 spiro atoms. The Labute approximate surface area is 144 Å². The van der Waals surface area contributed by atoms with Crippen LogP contribution in [0, 0.1) is 0 Å². The van der Waals surface area contributed by atoms with Crippen molar-refractivity contribution in [2.24, 2.45) is 0 Å². The van der Waals surface area contributed by atoms with Crippen LogP contribution in [0.3, 0.4) is 0 Å². The van der Waals surface area contributed by atoms with Gasteiger partial charge in [-0.1, -0.05) is 30.3 Å². The van der Waals surface area contributed by atoms with E-state index in [9.17, 15) is 9.59 Å². The van der Waals surface area contributed by atoms with Crippen molar-refractivity contribution >= 4 is 28.6 Å². The van der Waals surface area contributed by atoms with Crippen molar-refractivity contribution in [2.45, 2.75) is 13.3 Å². The molecule has 6 nitrogen and oxygen atoms in total. The van der Waals surface area contributed by atoms with E-state index in [1.807, 2.05) is 42.5 Å². The van der Waals surface area contributed by atoms with E-state index in [1.54, 1.807) is 6.07 Å². The largest absolute Gasteiger partial charge is 0.465 e. The lowest BCUT2D eigenvalue weighted by molar-refractivity contribution is -0.118. The van der Waals surface area contributed by atoms with Crippen molar-refractivity contribution in [3.63, 3.8) is 0 Å². The second-order valence-electron chi connectivity index (χ2n) is 5.77. The molecular weight excluding hydrogens is 318 g/mol. The third-order valence-corrected chi connectivity index (χ3v) is 3.97. The van der Waals surface area contributed by atoms with E-state index in [4.69, 9.17) is 5.11 Å². The number of carbonyl (C=O) groups excluding carboxylic acids is 1. The Kier molecular flexibility index (Phi) is 4.70. The van der Waals surface area contributed by atoms with Crippen LogP contribution >= 0.6 is 0 Å². The summed E-state index contributed by atoms with van der Waals surface area (Å²) in [5.41, 5.74) is 4.51. The predicted molar refractivity (Wildman–Crippen MR) is 97.8 cm³/mol. The van der Waals surface area contributed by atoms with Crippen molar-refractivity contribution in [3.8, 4) is 11.3 Å². The van der Waals surface area contributed by atoms with Crippen LogP contribution in [0.1, 0.15) is 12.5 Å². The van der Waals surface area contributed by atoms with Gasteiger partial charge in [0, 0.05) is 35.8 Å². The number of hydrogen-bond donors (Lipinski definition) is 4. The Bertz CT molecular complexity index is 916. The topological polar surface area (TPSA) is 94.2 Å². The normalized spacial score (nSPS) is 10.6. The van der Waals surface area contributed by atoms with Gasteiger partial charge in [-0.05, 0) is 35.7 Å². The Morgan fingerprint density at radius 2 is 1.88 bits per heavy atom. The number of carboxylic acid groups (broad SMARTS) is 1. The van der Waals surface area contributed by atoms with Gasteiger partial charge in [0.15, 0.2) is 0 Å². The lowest BCUT2D eigenvalue weighted by Crippen LogP contribution is -2.22. The Morgan fingerprint density at radius 3 is 2.56 bits per heavy atom. The number of carbonyl (C=O) groups is 2. The van der Waals surface area contributed by atoms with Gasteiger partial charge < -0.3 is 15.4 Å². The number of amides is 2. The molecule has 0 radical (unpaired) electrons. The van der Waals surface area contributed by atoms with Crippen LogP contribution in [-0.2, 0) is 11.2 Å². The number of aromatic amines is 1. The summed E-state index contributed by atoms with van der Waals surface area (Å²) in [6.45, 7) is 2.00. The van der Waals surface area contributed by atoms with Gasteiger partial charge in [0.05, 0.1) is 0 Å². The average molecular weight is 337 g/mol. The molecule has 0 bridgehead atoms. The fraction of sp³-hybridized carbons (Fsp3) is 0.158. The molecule has 0 atom stereocenters. The molecule has 0 fully saturated rings. The first-order valence-electron chi connectivity index (χ1n) is 7.99. The number of nitrogens with one attached hydrogen (secondary N) is 3. The summed E-state index contributed by atoms with van der Waals surface area (Å²) in [7, 11) is 0. The number of benzene rings is 2. The smallest absolute Gasteiger partial charge is 0.409 e. The molecular formula is C19H19N3O3. The molecule has 3 rings (SSSR count). The second-order valence-corrected chi connectivity index (χ2v) is 5.77. The number of fused-ring (bicyclic) bond motifs is 1. The highest BCUT2D eigenvalue weighted by atomic mass is 16.4. The van der Waals surface area contributed by atoms with Crippen molar-refractivity contribution in [3.05, 3.63) is 54.1 Å². The summed E-state index contributed by atoms with van der Waals surface area (Å²) < 4.78 is 0. The molecule has 0 unspecified atom stereocenters. The molecule has 2 amide bonds.